The number of ether oxygens (including phenoxy) is 2. The molecule has 1 aliphatic heterocycles. The van der Waals surface area contributed by atoms with E-state index in [1.807, 2.05) is 24.3 Å². The number of nitrogens with one attached hydrogen (secondary N) is 1. The molecule has 0 radical (unpaired) electrons. The first-order valence-corrected chi connectivity index (χ1v) is 7.62. The summed E-state index contributed by atoms with van der Waals surface area (Å²) in [5.41, 5.74) is 0.204. The Morgan fingerprint density at radius 2 is 2.40 bits per heavy atom. The number of halogens is 1. The van der Waals surface area contributed by atoms with Crippen molar-refractivity contribution in [3.05, 3.63) is 28.7 Å². The highest BCUT2D eigenvalue weighted by molar-refractivity contribution is 9.10. The first-order chi connectivity index (χ1) is 9.59. The fraction of sp³-hybridized carbons (Fsp3) is 0.533. The van der Waals surface area contributed by atoms with Gasteiger partial charge in [-0.3, -0.25) is 0 Å². The van der Waals surface area contributed by atoms with Gasteiger partial charge in [-0.1, -0.05) is 28.9 Å². The minimum atomic E-state index is -0.700. The Morgan fingerprint density at radius 1 is 1.60 bits per heavy atom. The van der Waals surface area contributed by atoms with Crippen LogP contribution in [0, 0.1) is 0 Å². The van der Waals surface area contributed by atoms with E-state index in [1.165, 1.54) is 7.11 Å². The Morgan fingerprint density at radius 3 is 3.05 bits per heavy atom. The number of methoxy groups -OCH3 is 1. The van der Waals surface area contributed by atoms with Crippen LogP contribution in [0.25, 0.3) is 0 Å². The minimum Gasteiger partial charge on any atom is -0.467 e. The lowest BCUT2D eigenvalue weighted by molar-refractivity contribution is -0.151. The van der Waals surface area contributed by atoms with E-state index in [2.05, 4.69) is 28.2 Å². The molecule has 1 heterocycles. The van der Waals surface area contributed by atoms with Crippen molar-refractivity contribution in [1.29, 1.82) is 0 Å². The van der Waals surface area contributed by atoms with Crippen LogP contribution in [0.3, 0.4) is 0 Å². The highest BCUT2D eigenvalue weighted by atomic mass is 79.9. The summed E-state index contributed by atoms with van der Waals surface area (Å²) in [6.45, 7) is 2.63. The number of anilines is 1. The maximum absolute atomic E-state index is 12.3. The smallest absolute Gasteiger partial charge is 0.331 e. The highest BCUT2D eigenvalue weighted by Crippen LogP contribution is 2.32. The van der Waals surface area contributed by atoms with E-state index in [0.717, 1.165) is 16.6 Å². The van der Waals surface area contributed by atoms with Gasteiger partial charge in [-0.05, 0) is 24.6 Å². The van der Waals surface area contributed by atoms with Crippen LogP contribution in [0.15, 0.2) is 28.7 Å². The number of hydrogen-bond acceptors (Lipinski definition) is 4. The van der Waals surface area contributed by atoms with Gasteiger partial charge in [-0.15, -0.1) is 0 Å². The zero-order valence-electron chi connectivity index (χ0n) is 11.8. The average Bonchev–Trinajstić information content (AvgIpc) is 2.46. The number of carbonyl (C=O) groups is 1. The first-order valence-electron chi connectivity index (χ1n) is 6.83. The van der Waals surface area contributed by atoms with Gasteiger partial charge in [0.05, 0.1) is 13.2 Å². The maximum Gasteiger partial charge on any atom is 0.331 e. The minimum absolute atomic E-state index is 0.0857. The summed E-state index contributed by atoms with van der Waals surface area (Å²) in [7, 11) is 1.43. The molecule has 1 aromatic rings. The van der Waals surface area contributed by atoms with E-state index in [0.29, 0.717) is 19.4 Å². The largest absolute Gasteiger partial charge is 0.467 e. The second kappa shape index (κ2) is 6.59. The van der Waals surface area contributed by atoms with Crippen molar-refractivity contribution in [1.82, 2.24) is 0 Å². The molecule has 0 aromatic heterocycles. The third kappa shape index (κ3) is 3.33. The molecular formula is C15H20BrNO3. The third-order valence-corrected chi connectivity index (χ3v) is 4.19. The van der Waals surface area contributed by atoms with E-state index < -0.39 is 5.54 Å². The Bertz CT molecular complexity index is 480. The molecule has 0 aliphatic carbocycles. The number of esters is 1. The van der Waals surface area contributed by atoms with Crippen LogP contribution in [0.1, 0.15) is 26.2 Å². The second-order valence-electron chi connectivity index (χ2n) is 5.06. The van der Waals surface area contributed by atoms with Crippen molar-refractivity contribution in [2.24, 2.45) is 0 Å². The predicted octanol–water partition coefficient (Wildman–Crippen LogP) is 3.36. The van der Waals surface area contributed by atoms with Crippen LogP contribution in [0.5, 0.6) is 0 Å². The molecule has 0 spiro atoms. The van der Waals surface area contributed by atoms with Crippen LogP contribution < -0.4 is 5.32 Å². The Labute approximate surface area is 128 Å². The Kier molecular flexibility index (Phi) is 5.05. The summed E-state index contributed by atoms with van der Waals surface area (Å²) in [5.74, 6) is -0.223. The Hall–Kier alpha value is -1.07. The fourth-order valence-electron chi connectivity index (χ4n) is 2.60. The van der Waals surface area contributed by atoms with Crippen molar-refractivity contribution in [2.75, 3.05) is 19.0 Å². The van der Waals surface area contributed by atoms with Crippen LogP contribution in [-0.4, -0.2) is 31.3 Å². The molecule has 1 N–H and O–H groups in total. The molecule has 2 rings (SSSR count). The molecule has 0 bridgehead atoms. The lowest BCUT2D eigenvalue weighted by atomic mass is 9.85. The fourth-order valence-corrected chi connectivity index (χ4v) is 3.00. The molecule has 1 fully saturated rings. The average molecular weight is 342 g/mol. The zero-order chi connectivity index (χ0) is 14.6. The number of hydrogen-bond donors (Lipinski definition) is 1. The molecule has 1 aliphatic rings. The standard InChI is InChI=1S/C15H20BrNO3/c1-3-13-10-15(7-8-20-13,14(18)19-2)17-12-6-4-5-11(16)9-12/h4-6,9,13,17H,3,7-8,10H2,1-2H3. The summed E-state index contributed by atoms with van der Waals surface area (Å²) in [5, 5.41) is 3.37. The maximum atomic E-state index is 12.3. The van der Waals surface area contributed by atoms with Crippen LogP contribution in [0.2, 0.25) is 0 Å². The summed E-state index contributed by atoms with van der Waals surface area (Å²) in [6.07, 6.45) is 2.21. The van der Waals surface area contributed by atoms with Gasteiger partial charge in [0, 0.05) is 29.6 Å². The first kappa shape index (κ1) is 15.3. The number of benzene rings is 1. The van der Waals surface area contributed by atoms with Crippen molar-refractivity contribution in [2.45, 2.75) is 37.8 Å². The molecule has 1 aromatic carbocycles. The van der Waals surface area contributed by atoms with Crippen LogP contribution in [-0.2, 0) is 14.3 Å². The number of carbonyl (C=O) groups excluding carboxylic acids is 1. The van der Waals surface area contributed by atoms with Gasteiger partial charge in [-0.2, -0.15) is 0 Å². The van der Waals surface area contributed by atoms with Crippen LogP contribution >= 0.6 is 15.9 Å². The van der Waals surface area contributed by atoms with Gasteiger partial charge in [0.1, 0.15) is 5.54 Å². The van der Waals surface area contributed by atoms with Gasteiger partial charge in [0.25, 0.3) is 0 Å². The van der Waals surface area contributed by atoms with Crippen molar-refractivity contribution >= 4 is 27.6 Å². The SMILES string of the molecule is CCC1CC(Nc2cccc(Br)c2)(C(=O)OC)CCO1. The van der Waals surface area contributed by atoms with Gasteiger partial charge in [-0.25, -0.2) is 4.79 Å². The molecule has 0 amide bonds. The van der Waals surface area contributed by atoms with Gasteiger partial charge in [0.15, 0.2) is 0 Å². The highest BCUT2D eigenvalue weighted by Gasteiger charge is 2.44. The van der Waals surface area contributed by atoms with Crippen molar-refractivity contribution in [3.63, 3.8) is 0 Å². The molecule has 2 unspecified atom stereocenters. The summed E-state index contributed by atoms with van der Waals surface area (Å²) in [6, 6.07) is 7.80. The monoisotopic (exact) mass is 341 g/mol. The molecular weight excluding hydrogens is 322 g/mol. The third-order valence-electron chi connectivity index (χ3n) is 3.70. The van der Waals surface area contributed by atoms with Gasteiger partial charge < -0.3 is 14.8 Å². The lowest BCUT2D eigenvalue weighted by Gasteiger charge is -2.39. The molecule has 20 heavy (non-hydrogen) atoms. The quantitative estimate of drug-likeness (QED) is 0.853. The zero-order valence-corrected chi connectivity index (χ0v) is 13.4. The summed E-state index contributed by atoms with van der Waals surface area (Å²) >= 11 is 3.44. The molecule has 4 nitrogen and oxygen atoms in total. The van der Waals surface area contributed by atoms with E-state index in [9.17, 15) is 4.79 Å². The van der Waals surface area contributed by atoms with E-state index in [-0.39, 0.29) is 12.1 Å². The lowest BCUT2D eigenvalue weighted by Crippen LogP contribution is -2.53. The summed E-state index contributed by atoms with van der Waals surface area (Å²) in [4.78, 5) is 12.3. The van der Waals surface area contributed by atoms with Crippen molar-refractivity contribution in [3.8, 4) is 0 Å². The summed E-state index contributed by atoms with van der Waals surface area (Å²) < 4.78 is 11.7. The number of rotatable bonds is 4. The topological polar surface area (TPSA) is 47.6 Å². The molecule has 0 saturated carbocycles. The van der Waals surface area contributed by atoms with E-state index >= 15 is 0 Å². The second-order valence-corrected chi connectivity index (χ2v) is 5.98. The van der Waals surface area contributed by atoms with Gasteiger partial charge in [0.2, 0.25) is 0 Å². The van der Waals surface area contributed by atoms with E-state index in [4.69, 9.17) is 9.47 Å². The van der Waals surface area contributed by atoms with Gasteiger partial charge >= 0.3 is 5.97 Å². The normalized spacial score (nSPS) is 26.1. The van der Waals surface area contributed by atoms with Crippen molar-refractivity contribution < 1.29 is 14.3 Å². The molecule has 110 valence electrons. The Balaban J connectivity index is 2.25. The predicted molar refractivity (Wildman–Crippen MR) is 81.8 cm³/mol. The van der Waals surface area contributed by atoms with Crippen LogP contribution in [0.4, 0.5) is 5.69 Å². The molecule has 1 saturated heterocycles. The molecule has 2 atom stereocenters. The molecule has 5 heteroatoms. The van der Waals surface area contributed by atoms with E-state index in [1.54, 1.807) is 0 Å².